The lowest BCUT2D eigenvalue weighted by atomic mass is 10.3. The molecule has 3 rings (SSSR count). The molecule has 0 aliphatic heterocycles. The highest BCUT2D eigenvalue weighted by atomic mass is 35.5. The normalized spacial score (nSPS) is 12.9. The van der Waals surface area contributed by atoms with Crippen molar-refractivity contribution >= 4 is 45.6 Å². The molecule has 1 aromatic carbocycles. The molecule has 2 aromatic heterocycles. The number of nitrogens with zero attached hydrogens (tertiary/aromatic N) is 3. The van der Waals surface area contributed by atoms with Crippen LogP contribution < -0.4 is 0 Å². The van der Waals surface area contributed by atoms with Gasteiger partial charge in [-0.05, 0) is 19.1 Å². The molecule has 0 saturated carbocycles. The van der Waals surface area contributed by atoms with Crippen molar-refractivity contribution in [3.05, 3.63) is 45.6 Å². The van der Waals surface area contributed by atoms with Crippen molar-refractivity contribution in [1.82, 2.24) is 14.5 Å². The molecule has 20 heavy (non-hydrogen) atoms. The van der Waals surface area contributed by atoms with E-state index in [0.717, 1.165) is 34.8 Å². The third kappa shape index (κ3) is 2.55. The SMILES string of the molecule is CC(Cl)c1nc2c(Cl)cccc2n1CCc1nccs1. The molecule has 104 valence electrons. The van der Waals surface area contributed by atoms with Crippen molar-refractivity contribution in [3.63, 3.8) is 0 Å². The van der Waals surface area contributed by atoms with E-state index in [-0.39, 0.29) is 5.38 Å². The summed E-state index contributed by atoms with van der Waals surface area (Å²) in [6.07, 6.45) is 2.69. The van der Waals surface area contributed by atoms with Crippen molar-refractivity contribution in [2.24, 2.45) is 0 Å². The number of alkyl halides is 1. The van der Waals surface area contributed by atoms with E-state index in [4.69, 9.17) is 23.2 Å². The molecule has 0 spiro atoms. The standard InChI is InChI=1S/C14H13Cl2N3S/c1-9(15)14-18-13-10(16)3-2-4-11(13)19(14)7-5-12-17-6-8-20-12/h2-4,6,8-9H,5,7H2,1H3. The van der Waals surface area contributed by atoms with Crippen LogP contribution in [0.3, 0.4) is 0 Å². The first-order valence-electron chi connectivity index (χ1n) is 6.34. The third-order valence-corrected chi connectivity index (χ3v) is 4.49. The summed E-state index contributed by atoms with van der Waals surface area (Å²) in [6, 6.07) is 5.82. The highest BCUT2D eigenvalue weighted by molar-refractivity contribution is 7.09. The summed E-state index contributed by atoms with van der Waals surface area (Å²) in [5.74, 6) is 0.853. The lowest BCUT2D eigenvalue weighted by molar-refractivity contribution is 0.666. The molecule has 0 bridgehead atoms. The van der Waals surface area contributed by atoms with Crippen LogP contribution in [0.2, 0.25) is 5.02 Å². The van der Waals surface area contributed by atoms with Crippen molar-refractivity contribution in [3.8, 4) is 0 Å². The molecule has 2 heterocycles. The van der Waals surface area contributed by atoms with Gasteiger partial charge in [0.25, 0.3) is 0 Å². The number of hydrogen-bond donors (Lipinski definition) is 0. The maximum Gasteiger partial charge on any atom is 0.127 e. The predicted molar refractivity (Wildman–Crippen MR) is 84.8 cm³/mol. The second-order valence-electron chi connectivity index (χ2n) is 4.52. The van der Waals surface area contributed by atoms with Crippen molar-refractivity contribution < 1.29 is 0 Å². The number of rotatable bonds is 4. The molecule has 0 N–H and O–H groups in total. The van der Waals surface area contributed by atoms with Gasteiger partial charge in [-0.1, -0.05) is 17.7 Å². The van der Waals surface area contributed by atoms with Gasteiger partial charge in [0, 0.05) is 24.5 Å². The zero-order chi connectivity index (χ0) is 14.1. The van der Waals surface area contributed by atoms with E-state index >= 15 is 0 Å². The number of hydrogen-bond acceptors (Lipinski definition) is 3. The van der Waals surface area contributed by atoms with E-state index in [9.17, 15) is 0 Å². The highest BCUT2D eigenvalue weighted by Crippen LogP contribution is 2.29. The fourth-order valence-electron chi connectivity index (χ4n) is 2.25. The molecule has 0 saturated heterocycles. The smallest absolute Gasteiger partial charge is 0.127 e. The van der Waals surface area contributed by atoms with Crippen LogP contribution in [0.5, 0.6) is 0 Å². The lowest BCUT2D eigenvalue weighted by Crippen LogP contribution is -2.06. The number of imidazole rings is 1. The lowest BCUT2D eigenvalue weighted by Gasteiger charge is -2.09. The van der Waals surface area contributed by atoms with Crippen molar-refractivity contribution in [2.75, 3.05) is 0 Å². The summed E-state index contributed by atoms with van der Waals surface area (Å²) in [5.41, 5.74) is 1.84. The first-order chi connectivity index (χ1) is 9.66. The molecule has 3 aromatic rings. The van der Waals surface area contributed by atoms with Crippen molar-refractivity contribution in [1.29, 1.82) is 0 Å². The van der Waals surface area contributed by atoms with Crippen LogP contribution in [-0.4, -0.2) is 14.5 Å². The van der Waals surface area contributed by atoms with E-state index in [1.54, 1.807) is 11.3 Å². The van der Waals surface area contributed by atoms with Crippen LogP contribution in [0, 0.1) is 0 Å². The second-order valence-corrected chi connectivity index (χ2v) is 6.56. The Morgan fingerprint density at radius 3 is 2.95 bits per heavy atom. The molecule has 3 nitrogen and oxygen atoms in total. The van der Waals surface area contributed by atoms with Gasteiger partial charge in [-0.2, -0.15) is 0 Å². The Bertz CT molecular complexity index is 719. The molecular weight excluding hydrogens is 313 g/mol. The summed E-state index contributed by atoms with van der Waals surface area (Å²) >= 11 is 14.1. The number of halogens is 2. The maximum absolute atomic E-state index is 6.25. The molecule has 1 atom stereocenters. The second kappa shape index (κ2) is 5.72. The molecular formula is C14H13Cl2N3S. The van der Waals surface area contributed by atoms with Gasteiger partial charge < -0.3 is 4.57 Å². The first kappa shape index (κ1) is 13.9. The Morgan fingerprint density at radius 1 is 1.40 bits per heavy atom. The fraction of sp³-hybridized carbons (Fsp3) is 0.286. The van der Waals surface area contributed by atoms with Crippen LogP contribution in [0.4, 0.5) is 0 Å². The number of aryl methyl sites for hydroxylation is 2. The van der Waals surface area contributed by atoms with E-state index in [1.165, 1.54) is 0 Å². The zero-order valence-corrected chi connectivity index (χ0v) is 13.2. The summed E-state index contributed by atoms with van der Waals surface area (Å²) in [7, 11) is 0. The van der Waals surface area contributed by atoms with E-state index in [0.29, 0.717) is 5.02 Å². The predicted octanol–water partition coefficient (Wildman–Crippen LogP) is 4.69. The van der Waals surface area contributed by atoms with Crippen LogP contribution in [0.15, 0.2) is 29.8 Å². The summed E-state index contributed by atoms with van der Waals surface area (Å²) in [6.45, 7) is 2.73. The van der Waals surface area contributed by atoms with Crippen LogP contribution >= 0.6 is 34.5 Å². The number of para-hydroxylation sites is 1. The molecule has 0 amide bonds. The zero-order valence-electron chi connectivity index (χ0n) is 10.9. The fourth-order valence-corrected chi connectivity index (χ4v) is 3.24. The third-order valence-electron chi connectivity index (χ3n) is 3.15. The van der Waals surface area contributed by atoms with Gasteiger partial charge >= 0.3 is 0 Å². The van der Waals surface area contributed by atoms with Gasteiger partial charge in [-0.15, -0.1) is 22.9 Å². The van der Waals surface area contributed by atoms with E-state index in [1.807, 2.05) is 36.7 Å². The average molecular weight is 326 g/mol. The molecule has 0 aliphatic rings. The molecule has 0 aliphatic carbocycles. The Kier molecular flexibility index (Phi) is 3.96. The highest BCUT2D eigenvalue weighted by Gasteiger charge is 2.16. The molecule has 1 unspecified atom stereocenters. The quantitative estimate of drug-likeness (QED) is 0.651. The molecule has 0 radical (unpaired) electrons. The van der Waals surface area contributed by atoms with Gasteiger partial charge in [0.05, 0.1) is 20.9 Å². The monoisotopic (exact) mass is 325 g/mol. The van der Waals surface area contributed by atoms with Gasteiger partial charge in [-0.25, -0.2) is 9.97 Å². The number of benzene rings is 1. The minimum absolute atomic E-state index is 0.158. The molecule has 0 fully saturated rings. The maximum atomic E-state index is 6.25. The minimum Gasteiger partial charge on any atom is -0.326 e. The average Bonchev–Trinajstić information content (AvgIpc) is 3.03. The topological polar surface area (TPSA) is 30.7 Å². The van der Waals surface area contributed by atoms with Gasteiger partial charge in [0.1, 0.15) is 11.3 Å². The Hall–Kier alpha value is -1.10. The van der Waals surface area contributed by atoms with Crippen molar-refractivity contribution in [2.45, 2.75) is 25.3 Å². The van der Waals surface area contributed by atoms with Gasteiger partial charge in [0.2, 0.25) is 0 Å². The van der Waals surface area contributed by atoms with Crippen LogP contribution in [0.1, 0.15) is 23.1 Å². The van der Waals surface area contributed by atoms with Crippen LogP contribution in [0.25, 0.3) is 11.0 Å². The van der Waals surface area contributed by atoms with Crippen LogP contribution in [-0.2, 0) is 13.0 Å². The minimum atomic E-state index is -0.158. The number of fused-ring (bicyclic) bond motifs is 1. The summed E-state index contributed by atoms with van der Waals surface area (Å²) in [5, 5.41) is 3.61. The largest absolute Gasteiger partial charge is 0.326 e. The number of aromatic nitrogens is 3. The Labute approximate surface area is 131 Å². The molecule has 6 heteroatoms. The Morgan fingerprint density at radius 2 is 2.25 bits per heavy atom. The first-order valence-corrected chi connectivity index (χ1v) is 8.03. The summed E-state index contributed by atoms with van der Waals surface area (Å²) in [4.78, 5) is 8.91. The summed E-state index contributed by atoms with van der Waals surface area (Å²) < 4.78 is 2.14. The van der Waals surface area contributed by atoms with E-state index in [2.05, 4.69) is 14.5 Å². The Balaban J connectivity index is 2.02. The van der Waals surface area contributed by atoms with E-state index < -0.39 is 0 Å². The number of thiazole rings is 1. The van der Waals surface area contributed by atoms with Gasteiger partial charge in [0.15, 0.2) is 0 Å². The van der Waals surface area contributed by atoms with Gasteiger partial charge in [-0.3, -0.25) is 0 Å².